The number of nitrogens with zero attached hydrogens (tertiary/aromatic N) is 3. The van der Waals surface area contributed by atoms with E-state index < -0.39 is 0 Å². The Morgan fingerprint density at radius 3 is 3.21 bits per heavy atom. The Morgan fingerprint density at radius 1 is 1.21 bits per heavy atom. The number of rotatable bonds is 0. The molecule has 0 bridgehead atoms. The van der Waals surface area contributed by atoms with Gasteiger partial charge in [0.1, 0.15) is 0 Å². The molecule has 0 N–H and O–H groups in total. The van der Waals surface area contributed by atoms with Crippen LogP contribution < -0.4 is 0 Å². The van der Waals surface area contributed by atoms with Crippen LogP contribution in [0.4, 0.5) is 0 Å². The van der Waals surface area contributed by atoms with E-state index in [9.17, 15) is 0 Å². The first-order chi connectivity index (χ1) is 6.97. The van der Waals surface area contributed by atoms with Gasteiger partial charge in [-0.25, -0.2) is 0 Å². The molecule has 0 saturated heterocycles. The molecule has 0 unspecified atom stereocenters. The van der Waals surface area contributed by atoms with Crippen molar-refractivity contribution in [3.8, 4) is 0 Å². The molecule has 2 heterocycles. The summed E-state index contributed by atoms with van der Waals surface area (Å²) in [5, 5.41) is 8.20. The topological polar surface area (TPSA) is 37.1 Å². The Balaban J connectivity index is 2.24. The third kappa shape index (κ3) is 2.25. The summed E-state index contributed by atoms with van der Waals surface area (Å²) < 4.78 is 0. The molecule has 2 rings (SSSR count). The standard InChI is InChI=1S/C11H13N3/c1-2-4-11-10(6-9-13-14-11)5-8-12-7-3-1/h2-4,7-8H,1,5-6,9H2/b4-2-,7-3-,12-8-. The van der Waals surface area contributed by atoms with Gasteiger partial charge in [0, 0.05) is 18.8 Å². The zero-order chi connectivity index (χ0) is 9.64. The maximum absolute atomic E-state index is 4.18. The van der Waals surface area contributed by atoms with Gasteiger partial charge in [-0.3, -0.25) is 4.99 Å². The summed E-state index contributed by atoms with van der Waals surface area (Å²) >= 11 is 0. The van der Waals surface area contributed by atoms with Crippen LogP contribution in [0.3, 0.4) is 0 Å². The monoisotopic (exact) mass is 187 g/mol. The molecular formula is C11H13N3. The highest BCUT2D eigenvalue weighted by atomic mass is 15.1. The van der Waals surface area contributed by atoms with Crippen molar-refractivity contribution in [2.24, 2.45) is 15.2 Å². The van der Waals surface area contributed by atoms with Gasteiger partial charge in [0.15, 0.2) is 0 Å². The maximum atomic E-state index is 4.18. The summed E-state index contributed by atoms with van der Waals surface area (Å²) in [6, 6.07) is 0. The molecule has 72 valence electrons. The number of azo groups is 1. The molecule has 0 radical (unpaired) electrons. The van der Waals surface area contributed by atoms with Gasteiger partial charge in [-0.2, -0.15) is 10.2 Å². The van der Waals surface area contributed by atoms with Crippen molar-refractivity contribution in [2.45, 2.75) is 19.3 Å². The van der Waals surface area contributed by atoms with Crippen LogP contribution in [0.25, 0.3) is 0 Å². The molecular weight excluding hydrogens is 174 g/mol. The zero-order valence-corrected chi connectivity index (χ0v) is 8.06. The highest BCUT2D eigenvalue weighted by molar-refractivity contribution is 5.62. The predicted octanol–water partition coefficient (Wildman–Crippen LogP) is 3.03. The van der Waals surface area contributed by atoms with Crippen molar-refractivity contribution in [3.63, 3.8) is 0 Å². The third-order valence-electron chi connectivity index (χ3n) is 2.24. The fourth-order valence-electron chi connectivity index (χ4n) is 1.47. The lowest BCUT2D eigenvalue weighted by Gasteiger charge is -2.09. The smallest absolute Gasteiger partial charge is 0.0845 e. The van der Waals surface area contributed by atoms with Gasteiger partial charge in [0.2, 0.25) is 0 Å². The molecule has 3 heteroatoms. The molecule has 0 aromatic heterocycles. The van der Waals surface area contributed by atoms with E-state index in [0.29, 0.717) is 0 Å². The summed E-state index contributed by atoms with van der Waals surface area (Å²) in [5.74, 6) is 0. The lowest BCUT2D eigenvalue weighted by atomic mass is 10.1. The van der Waals surface area contributed by atoms with E-state index in [0.717, 1.165) is 31.5 Å². The van der Waals surface area contributed by atoms with Crippen molar-refractivity contribution >= 4 is 6.21 Å². The minimum absolute atomic E-state index is 0.816. The summed E-state index contributed by atoms with van der Waals surface area (Å²) in [6.07, 6.45) is 12.8. The SMILES string of the molecule is C1=C\N=C/CC2=C(/C=C\C/1)N=NCC2. The fourth-order valence-corrected chi connectivity index (χ4v) is 1.47. The second-order valence-corrected chi connectivity index (χ2v) is 3.26. The minimum atomic E-state index is 0.816. The van der Waals surface area contributed by atoms with Gasteiger partial charge in [0.25, 0.3) is 0 Å². The molecule has 14 heavy (non-hydrogen) atoms. The van der Waals surface area contributed by atoms with Crippen molar-refractivity contribution in [3.05, 3.63) is 35.7 Å². The van der Waals surface area contributed by atoms with E-state index in [1.54, 1.807) is 0 Å². The molecule has 2 aliphatic rings. The molecule has 0 atom stereocenters. The second-order valence-electron chi connectivity index (χ2n) is 3.26. The van der Waals surface area contributed by atoms with Crippen LogP contribution in [0.5, 0.6) is 0 Å². The predicted molar refractivity (Wildman–Crippen MR) is 57.4 cm³/mol. The average Bonchev–Trinajstić information content (AvgIpc) is 2.25. The highest BCUT2D eigenvalue weighted by Gasteiger charge is 2.07. The summed E-state index contributed by atoms with van der Waals surface area (Å²) in [7, 11) is 0. The van der Waals surface area contributed by atoms with E-state index >= 15 is 0 Å². The average molecular weight is 187 g/mol. The molecule has 0 aromatic rings. The molecule has 0 saturated carbocycles. The quantitative estimate of drug-likeness (QED) is 0.559. The Kier molecular flexibility index (Phi) is 3.01. The van der Waals surface area contributed by atoms with Crippen LogP contribution in [-0.4, -0.2) is 12.8 Å². The van der Waals surface area contributed by atoms with Crippen molar-refractivity contribution in [1.82, 2.24) is 0 Å². The van der Waals surface area contributed by atoms with Crippen molar-refractivity contribution < 1.29 is 0 Å². The minimum Gasteiger partial charge on any atom is -0.269 e. The Bertz CT molecular complexity index is 346. The van der Waals surface area contributed by atoms with Crippen molar-refractivity contribution in [2.75, 3.05) is 6.54 Å². The molecule has 0 amide bonds. The first-order valence-electron chi connectivity index (χ1n) is 4.89. The molecule has 0 aliphatic carbocycles. The third-order valence-corrected chi connectivity index (χ3v) is 2.24. The van der Waals surface area contributed by atoms with Gasteiger partial charge in [-0.05, 0) is 24.5 Å². The van der Waals surface area contributed by atoms with Crippen LogP contribution in [0.1, 0.15) is 19.3 Å². The van der Waals surface area contributed by atoms with Crippen LogP contribution >= 0.6 is 0 Å². The highest BCUT2D eigenvalue weighted by Crippen LogP contribution is 2.20. The number of hydrogen-bond donors (Lipinski definition) is 0. The van der Waals surface area contributed by atoms with Crippen LogP contribution in [0.15, 0.2) is 50.9 Å². The maximum Gasteiger partial charge on any atom is 0.0845 e. The molecule has 3 nitrogen and oxygen atoms in total. The first kappa shape index (κ1) is 9.06. The second kappa shape index (κ2) is 4.65. The van der Waals surface area contributed by atoms with E-state index in [2.05, 4.69) is 27.4 Å². The first-order valence-corrected chi connectivity index (χ1v) is 4.89. The number of allylic oxidation sites excluding steroid dienone is 3. The molecule has 0 spiro atoms. The molecule has 2 aliphatic heterocycles. The molecule has 0 aromatic carbocycles. The van der Waals surface area contributed by atoms with Gasteiger partial charge in [0.05, 0.1) is 12.2 Å². The normalized spacial score (nSPS) is 28.0. The lowest BCUT2D eigenvalue weighted by molar-refractivity contribution is 0.812. The summed E-state index contributed by atoms with van der Waals surface area (Å²) in [6.45, 7) is 0.816. The van der Waals surface area contributed by atoms with Crippen LogP contribution in [0, 0.1) is 0 Å². The van der Waals surface area contributed by atoms with E-state index in [4.69, 9.17) is 0 Å². The Morgan fingerprint density at radius 2 is 2.21 bits per heavy atom. The van der Waals surface area contributed by atoms with Gasteiger partial charge < -0.3 is 0 Å². The fraction of sp³-hybridized carbons (Fsp3) is 0.364. The van der Waals surface area contributed by atoms with Gasteiger partial charge >= 0.3 is 0 Å². The summed E-state index contributed by atoms with van der Waals surface area (Å²) in [5.41, 5.74) is 2.37. The number of aliphatic imine (C=N–C) groups is 1. The van der Waals surface area contributed by atoms with E-state index in [1.165, 1.54) is 5.57 Å². The van der Waals surface area contributed by atoms with Crippen LogP contribution in [0.2, 0.25) is 0 Å². The van der Waals surface area contributed by atoms with Crippen LogP contribution in [-0.2, 0) is 0 Å². The largest absolute Gasteiger partial charge is 0.269 e. The lowest BCUT2D eigenvalue weighted by Crippen LogP contribution is -1.97. The van der Waals surface area contributed by atoms with Gasteiger partial charge in [-0.1, -0.05) is 12.2 Å². The van der Waals surface area contributed by atoms with E-state index in [1.807, 2.05) is 18.5 Å². The zero-order valence-electron chi connectivity index (χ0n) is 8.06. The van der Waals surface area contributed by atoms with E-state index in [-0.39, 0.29) is 0 Å². The number of hydrogen-bond acceptors (Lipinski definition) is 3. The van der Waals surface area contributed by atoms with Gasteiger partial charge in [-0.15, -0.1) is 0 Å². The molecule has 0 fully saturated rings. The Hall–Kier alpha value is -1.51. The Labute approximate surface area is 83.7 Å². The van der Waals surface area contributed by atoms with Crippen molar-refractivity contribution in [1.29, 1.82) is 0 Å². The summed E-state index contributed by atoms with van der Waals surface area (Å²) in [4.78, 5) is 4.18.